The summed E-state index contributed by atoms with van der Waals surface area (Å²) < 4.78 is 7.35. The van der Waals surface area contributed by atoms with Gasteiger partial charge in [0.15, 0.2) is 0 Å². The molecule has 0 bridgehead atoms. The summed E-state index contributed by atoms with van der Waals surface area (Å²) in [4.78, 5) is 10.1. The average molecular weight is 296 g/mol. The molecule has 0 radical (unpaired) electrons. The van der Waals surface area contributed by atoms with Crippen molar-refractivity contribution in [3.05, 3.63) is 51.3 Å². The fourth-order valence-corrected chi connectivity index (χ4v) is 1.86. The monoisotopic (exact) mass is 295 g/mol. The molecule has 0 aliphatic rings. The summed E-state index contributed by atoms with van der Waals surface area (Å²) in [6, 6.07) is 6.43. The second kappa shape index (κ2) is 5.92. The number of nitro groups is 1. The van der Waals surface area contributed by atoms with Crippen molar-refractivity contribution in [2.75, 3.05) is 0 Å². The van der Waals surface area contributed by atoms with E-state index in [2.05, 4.69) is 5.10 Å². The number of rotatable bonds is 5. The second-order valence-electron chi connectivity index (χ2n) is 4.54. The molecule has 0 spiro atoms. The molecule has 7 heteroatoms. The number of nitrogens with zero attached hydrogens (tertiary/aromatic N) is 3. The lowest BCUT2D eigenvalue weighted by atomic mass is 10.3. The first-order valence-electron chi connectivity index (χ1n) is 6.08. The van der Waals surface area contributed by atoms with Crippen molar-refractivity contribution < 1.29 is 9.66 Å². The van der Waals surface area contributed by atoms with Crippen LogP contribution in [0.2, 0.25) is 5.02 Å². The summed E-state index contributed by atoms with van der Waals surface area (Å²) in [6.45, 7) is 4.36. The molecular formula is C13H14ClN3O3. The second-order valence-corrected chi connectivity index (χ2v) is 4.95. The van der Waals surface area contributed by atoms with E-state index < -0.39 is 4.92 Å². The molecule has 106 valence electrons. The minimum Gasteiger partial charge on any atom is -0.487 e. The third-order valence-electron chi connectivity index (χ3n) is 2.70. The van der Waals surface area contributed by atoms with E-state index in [-0.39, 0.29) is 23.4 Å². The van der Waals surface area contributed by atoms with Crippen LogP contribution in [0.15, 0.2) is 30.5 Å². The Hall–Kier alpha value is -2.08. The smallest absolute Gasteiger partial charge is 0.288 e. The van der Waals surface area contributed by atoms with Gasteiger partial charge in [-0.1, -0.05) is 11.6 Å². The molecule has 0 atom stereocenters. The number of hydrogen-bond acceptors (Lipinski definition) is 4. The first-order valence-corrected chi connectivity index (χ1v) is 6.46. The van der Waals surface area contributed by atoms with Crippen LogP contribution < -0.4 is 4.74 Å². The highest BCUT2D eigenvalue weighted by Gasteiger charge is 2.12. The van der Waals surface area contributed by atoms with Crippen molar-refractivity contribution >= 4 is 17.3 Å². The van der Waals surface area contributed by atoms with E-state index in [1.807, 2.05) is 30.8 Å². The van der Waals surface area contributed by atoms with Gasteiger partial charge < -0.3 is 4.74 Å². The summed E-state index contributed by atoms with van der Waals surface area (Å²) in [5.74, 6) is 0.472. The molecule has 6 nitrogen and oxygen atoms in total. The Labute approximate surface area is 121 Å². The standard InChI is InChI=1S/C13H14ClN3O3/c1-9(2)16-6-5-10(15-16)8-20-11-3-4-13(17(18)19)12(14)7-11/h3-7,9H,8H2,1-2H3. The number of aromatic nitrogens is 2. The quantitative estimate of drug-likeness (QED) is 0.624. The lowest BCUT2D eigenvalue weighted by Gasteiger charge is -2.06. The van der Waals surface area contributed by atoms with Crippen LogP contribution in [-0.2, 0) is 6.61 Å². The van der Waals surface area contributed by atoms with Crippen LogP contribution in [-0.4, -0.2) is 14.7 Å². The van der Waals surface area contributed by atoms with Gasteiger partial charge in [-0.2, -0.15) is 5.10 Å². The molecule has 2 rings (SSSR count). The minimum atomic E-state index is -0.531. The van der Waals surface area contributed by atoms with Gasteiger partial charge in [0.2, 0.25) is 0 Å². The summed E-state index contributed by atoms with van der Waals surface area (Å²) in [6.07, 6.45) is 1.88. The van der Waals surface area contributed by atoms with Gasteiger partial charge >= 0.3 is 0 Å². The Morgan fingerprint density at radius 3 is 2.75 bits per heavy atom. The summed E-state index contributed by atoms with van der Waals surface area (Å²) >= 11 is 5.81. The van der Waals surface area contributed by atoms with E-state index in [0.29, 0.717) is 5.75 Å². The Morgan fingerprint density at radius 1 is 1.45 bits per heavy atom. The van der Waals surface area contributed by atoms with Crippen LogP contribution in [0.25, 0.3) is 0 Å². The molecule has 0 saturated heterocycles. The third kappa shape index (κ3) is 3.27. The number of halogens is 1. The molecule has 0 fully saturated rings. The molecule has 0 N–H and O–H groups in total. The molecule has 1 heterocycles. The maximum Gasteiger partial charge on any atom is 0.288 e. The van der Waals surface area contributed by atoms with Crippen molar-refractivity contribution in [3.8, 4) is 5.75 Å². The third-order valence-corrected chi connectivity index (χ3v) is 3.00. The number of ether oxygens (including phenoxy) is 1. The van der Waals surface area contributed by atoms with Crippen LogP contribution in [0.5, 0.6) is 5.75 Å². The van der Waals surface area contributed by atoms with Crippen LogP contribution in [0.4, 0.5) is 5.69 Å². The van der Waals surface area contributed by atoms with Gasteiger partial charge in [-0.15, -0.1) is 0 Å². The Kier molecular flexibility index (Phi) is 4.24. The summed E-state index contributed by atoms with van der Waals surface area (Å²) in [7, 11) is 0. The fourth-order valence-electron chi connectivity index (χ4n) is 1.62. The largest absolute Gasteiger partial charge is 0.487 e. The number of nitro benzene ring substituents is 1. The van der Waals surface area contributed by atoms with E-state index >= 15 is 0 Å². The Morgan fingerprint density at radius 2 is 2.20 bits per heavy atom. The van der Waals surface area contributed by atoms with E-state index in [1.165, 1.54) is 18.2 Å². The molecule has 20 heavy (non-hydrogen) atoms. The maximum atomic E-state index is 10.6. The summed E-state index contributed by atoms with van der Waals surface area (Å²) in [5, 5.41) is 15.0. The molecule has 0 unspecified atom stereocenters. The van der Waals surface area contributed by atoms with Gasteiger partial charge in [0.25, 0.3) is 5.69 Å². The molecule has 1 aromatic carbocycles. The van der Waals surface area contributed by atoms with E-state index in [1.54, 1.807) is 0 Å². The van der Waals surface area contributed by atoms with Gasteiger partial charge in [-0.25, -0.2) is 0 Å². The zero-order valence-corrected chi connectivity index (χ0v) is 11.9. The van der Waals surface area contributed by atoms with Crippen molar-refractivity contribution in [1.29, 1.82) is 0 Å². The van der Waals surface area contributed by atoms with Crippen LogP contribution in [0.3, 0.4) is 0 Å². The van der Waals surface area contributed by atoms with Gasteiger partial charge in [-0.3, -0.25) is 14.8 Å². The maximum absolute atomic E-state index is 10.6. The lowest BCUT2D eigenvalue weighted by molar-refractivity contribution is -0.384. The molecule has 1 aromatic heterocycles. The first kappa shape index (κ1) is 14.3. The molecular weight excluding hydrogens is 282 g/mol. The summed E-state index contributed by atoms with van der Waals surface area (Å²) in [5.41, 5.74) is 0.649. The van der Waals surface area contributed by atoms with Crippen molar-refractivity contribution in [2.24, 2.45) is 0 Å². The fraction of sp³-hybridized carbons (Fsp3) is 0.308. The highest BCUT2D eigenvalue weighted by molar-refractivity contribution is 6.32. The normalized spacial score (nSPS) is 10.8. The number of benzene rings is 1. The molecule has 0 aliphatic carbocycles. The van der Waals surface area contributed by atoms with Crippen molar-refractivity contribution in [2.45, 2.75) is 26.5 Å². The van der Waals surface area contributed by atoms with Gasteiger partial charge in [0, 0.05) is 24.4 Å². The zero-order valence-electron chi connectivity index (χ0n) is 11.1. The van der Waals surface area contributed by atoms with Gasteiger partial charge in [0.05, 0.1) is 10.6 Å². The highest BCUT2D eigenvalue weighted by atomic mass is 35.5. The van der Waals surface area contributed by atoms with E-state index in [0.717, 1.165) is 5.69 Å². The van der Waals surface area contributed by atoms with E-state index in [4.69, 9.17) is 16.3 Å². The van der Waals surface area contributed by atoms with Crippen LogP contribution in [0, 0.1) is 10.1 Å². The topological polar surface area (TPSA) is 70.2 Å². The predicted octanol–water partition coefficient (Wildman–Crippen LogP) is 3.60. The van der Waals surface area contributed by atoms with Crippen molar-refractivity contribution in [1.82, 2.24) is 9.78 Å². The highest BCUT2D eigenvalue weighted by Crippen LogP contribution is 2.28. The van der Waals surface area contributed by atoms with Gasteiger partial charge in [-0.05, 0) is 26.0 Å². The van der Waals surface area contributed by atoms with Gasteiger partial charge in [0.1, 0.15) is 17.4 Å². The number of hydrogen-bond donors (Lipinski definition) is 0. The first-order chi connectivity index (χ1) is 9.47. The zero-order chi connectivity index (χ0) is 14.7. The lowest BCUT2D eigenvalue weighted by Crippen LogP contribution is -2.03. The van der Waals surface area contributed by atoms with Crippen LogP contribution >= 0.6 is 11.6 Å². The predicted molar refractivity (Wildman–Crippen MR) is 75.1 cm³/mol. The van der Waals surface area contributed by atoms with E-state index in [9.17, 15) is 10.1 Å². The molecule has 2 aromatic rings. The average Bonchev–Trinajstić information content (AvgIpc) is 2.85. The minimum absolute atomic E-state index is 0.0557. The van der Waals surface area contributed by atoms with Crippen LogP contribution in [0.1, 0.15) is 25.6 Å². The Balaban J connectivity index is 2.03. The van der Waals surface area contributed by atoms with Crippen molar-refractivity contribution in [3.63, 3.8) is 0 Å². The SMILES string of the molecule is CC(C)n1ccc(COc2ccc([N+](=O)[O-])c(Cl)c2)n1. The molecule has 0 saturated carbocycles. The molecule has 0 amide bonds. The molecule has 0 aliphatic heterocycles. The Bertz CT molecular complexity index is 625.